The van der Waals surface area contributed by atoms with Crippen molar-refractivity contribution in [3.63, 3.8) is 0 Å². The number of hydrogen-bond acceptors (Lipinski definition) is 4. The topological polar surface area (TPSA) is 67.4 Å². The van der Waals surface area contributed by atoms with E-state index < -0.39 is 6.17 Å². The summed E-state index contributed by atoms with van der Waals surface area (Å²) in [4.78, 5) is 25.6. The summed E-state index contributed by atoms with van der Waals surface area (Å²) >= 11 is 0. The van der Waals surface area contributed by atoms with Crippen LogP contribution in [-0.4, -0.2) is 25.0 Å². The van der Waals surface area contributed by atoms with Crippen LogP contribution in [0.1, 0.15) is 20.7 Å². The van der Waals surface area contributed by atoms with Crippen molar-refractivity contribution in [1.82, 2.24) is 5.32 Å². The van der Waals surface area contributed by atoms with Crippen molar-refractivity contribution in [3.8, 4) is 5.75 Å². The molecular weight excluding hydrogens is 340 g/mol. The molecule has 3 aromatic carbocycles. The van der Waals surface area contributed by atoms with Gasteiger partial charge in [0.25, 0.3) is 5.91 Å². The molecule has 27 heavy (non-hydrogen) atoms. The maximum Gasteiger partial charge on any atom is 0.253 e. The third-order valence-electron chi connectivity index (χ3n) is 4.04. The second-order valence-electron chi connectivity index (χ2n) is 5.85. The Balaban J connectivity index is 1.88. The van der Waals surface area contributed by atoms with Crippen LogP contribution in [0.15, 0.2) is 84.9 Å². The maximum atomic E-state index is 13.0. The van der Waals surface area contributed by atoms with Crippen LogP contribution in [0.2, 0.25) is 0 Å². The lowest BCUT2D eigenvalue weighted by atomic mass is 10.1. The van der Waals surface area contributed by atoms with E-state index in [9.17, 15) is 9.59 Å². The van der Waals surface area contributed by atoms with Gasteiger partial charge in [0.1, 0.15) is 5.75 Å². The van der Waals surface area contributed by atoms with Crippen LogP contribution in [0.5, 0.6) is 5.75 Å². The Morgan fingerprint density at radius 3 is 1.96 bits per heavy atom. The monoisotopic (exact) mass is 360 g/mol. The first-order valence-electron chi connectivity index (χ1n) is 8.54. The fourth-order valence-electron chi connectivity index (χ4n) is 2.66. The average Bonchev–Trinajstić information content (AvgIpc) is 2.74. The second-order valence-corrected chi connectivity index (χ2v) is 5.85. The van der Waals surface area contributed by atoms with Crippen LogP contribution in [0, 0.1) is 0 Å². The quantitative estimate of drug-likeness (QED) is 0.497. The molecule has 5 nitrogen and oxygen atoms in total. The first-order valence-corrected chi connectivity index (χ1v) is 8.54. The molecule has 1 amide bonds. The van der Waals surface area contributed by atoms with Crippen molar-refractivity contribution in [1.29, 1.82) is 0 Å². The molecule has 0 saturated heterocycles. The molecule has 136 valence electrons. The number of ketones is 1. The predicted molar refractivity (Wildman–Crippen MR) is 105 cm³/mol. The molecule has 2 N–H and O–H groups in total. The molecule has 1 atom stereocenters. The predicted octanol–water partition coefficient (Wildman–Crippen LogP) is 3.75. The minimum Gasteiger partial charge on any atom is -0.495 e. The van der Waals surface area contributed by atoms with Crippen molar-refractivity contribution in [2.24, 2.45) is 0 Å². The summed E-state index contributed by atoms with van der Waals surface area (Å²) < 4.78 is 5.33. The molecule has 0 saturated carbocycles. The number of rotatable bonds is 7. The van der Waals surface area contributed by atoms with E-state index in [1.165, 1.54) is 0 Å². The highest BCUT2D eigenvalue weighted by Crippen LogP contribution is 2.24. The summed E-state index contributed by atoms with van der Waals surface area (Å²) in [6.45, 7) is 0. The van der Waals surface area contributed by atoms with Crippen LogP contribution in [0.25, 0.3) is 0 Å². The molecule has 0 fully saturated rings. The van der Waals surface area contributed by atoms with Crippen molar-refractivity contribution in [2.45, 2.75) is 6.17 Å². The van der Waals surface area contributed by atoms with E-state index in [1.54, 1.807) is 67.8 Å². The normalized spacial score (nSPS) is 11.3. The standard InChI is InChI=1S/C22H20N2O3/c1-27-19-15-9-8-14-18(19)23-21(20(25)16-10-4-2-5-11-16)24-22(26)17-12-6-3-7-13-17/h2-15,21,23H,1H3,(H,24,26)/t21-/m1/s1. The van der Waals surface area contributed by atoms with Crippen molar-refractivity contribution < 1.29 is 14.3 Å². The summed E-state index contributed by atoms with van der Waals surface area (Å²) in [6.07, 6.45) is -0.948. The number of para-hydroxylation sites is 2. The number of methoxy groups -OCH3 is 1. The highest BCUT2D eigenvalue weighted by atomic mass is 16.5. The zero-order valence-corrected chi connectivity index (χ0v) is 14.9. The number of carbonyl (C=O) groups is 2. The Hall–Kier alpha value is -3.60. The van der Waals surface area contributed by atoms with Gasteiger partial charge in [-0.15, -0.1) is 0 Å². The number of nitrogens with one attached hydrogen (secondary N) is 2. The Morgan fingerprint density at radius 1 is 0.778 bits per heavy atom. The molecule has 0 bridgehead atoms. The van der Waals surface area contributed by atoms with Gasteiger partial charge >= 0.3 is 0 Å². The summed E-state index contributed by atoms with van der Waals surface area (Å²) in [5.41, 5.74) is 1.59. The number of carbonyl (C=O) groups excluding carboxylic acids is 2. The minimum atomic E-state index is -0.948. The number of Topliss-reactive ketones (excluding diaryl/α,β-unsaturated/α-hetero) is 1. The van der Waals surface area contributed by atoms with Gasteiger partial charge in [0.05, 0.1) is 12.8 Å². The molecule has 5 heteroatoms. The lowest BCUT2D eigenvalue weighted by molar-refractivity contribution is 0.0869. The van der Waals surface area contributed by atoms with E-state index in [4.69, 9.17) is 4.74 Å². The Labute approximate surface area is 158 Å². The lowest BCUT2D eigenvalue weighted by Gasteiger charge is -2.21. The molecule has 0 spiro atoms. The van der Waals surface area contributed by atoms with E-state index in [2.05, 4.69) is 10.6 Å². The van der Waals surface area contributed by atoms with Crippen molar-refractivity contribution in [2.75, 3.05) is 12.4 Å². The first-order chi connectivity index (χ1) is 13.2. The largest absolute Gasteiger partial charge is 0.495 e. The van der Waals surface area contributed by atoms with Gasteiger partial charge in [-0.25, -0.2) is 0 Å². The van der Waals surface area contributed by atoms with Gasteiger partial charge in [-0.2, -0.15) is 0 Å². The summed E-state index contributed by atoms with van der Waals surface area (Å²) in [6, 6.07) is 24.8. The van der Waals surface area contributed by atoms with Crippen molar-refractivity contribution >= 4 is 17.4 Å². The van der Waals surface area contributed by atoms with Gasteiger partial charge < -0.3 is 15.4 Å². The smallest absolute Gasteiger partial charge is 0.253 e. The Bertz CT molecular complexity index is 911. The van der Waals surface area contributed by atoms with Crippen LogP contribution < -0.4 is 15.4 Å². The molecular formula is C22H20N2O3. The van der Waals surface area contributed by atoms with Crippen LogP contribution in [-0.2, 0) is 0 Å². The Kier molecular flexibility index (Phi) is 5.84. The van der Waals surface area contributed by atoms with Crippen molar-refractivity contribution in [3.05, 3.63) is 96.1 Å². The maximum absolute atomic E-state index is 13.0. The minimum absolute atomic E-state index is 0.245. The Morgan fingerprint density at radius 2 is 1.33 bits per heavy atom. The van der Waals surface area contributed by atoms with Gasteiger partial charge in [-0.05, 0) is 24.3 Å². The summed E-state index contributed by atoms with van der Waals surface area (Å²) in [5, 5.41) is 5.87. The third kappa shape index (κ3) is 4.52. The van der Waals surface area contributed by atoms with Crippen LogP contribution in [0.4, 0.5) is 5.69 Å². The molecule has 0 aliphatic rings. The first kappa shape index (κ1) is 18.2. The van der Waals surface area contributed by atoms with E-state index in [0.29, 0.717) is 22.6 Å². The molecule has 0 aromatic heterocycles. The summed E-state index contributed by atoms with van der Waals surface area (Å²) in [5.74, 6) is -0.00427. The average molecular weight is 360 g/mol. The zero-order chi connectivity index (χ0) is 19.1. The number of benzene rings is 3. The SMILES string of the molecule is COc1ccccc1N[C@H](NC(=O)c1ccccc1)C(=O)c1ccccc1. The molecule has 0 heterocycles. The van der Waals surface area contributed by atoms with E-state index in [-0.39, 0.29) is 11.7 Å². The van der Waals surface area contributed by atoms with E-state index in [0.717, 1.165) is 0 Å². The highest BCUT2D eigenvalue weighted by molar-refractivity contribution is 6.05. The molecule has 3 rings (SSSR count). The molecule has 0 aliphatic heterocycles. The van der Waals surface area contributed by atoms with Crippen LogP contribution in [0.3, 0.4) is 0 Å². The molecule has 3 aromatic rings. The fourth-order valence-corrected chi connectivity index (χ4v) is 2.66. The molecule has 0 radical (unpaired) electrons. The second kappa shape index (κ2) is 8.67. The number of ether oxygens (including phenoxy) is 1. The number of amides is 1. The van der Waals surface area contributed by atoms with Gasteiger partial charge in [-0.1, -0.05) is 60.7 Å². The number of anilines is 1. The van der Waals surface area contributed by atoms with Crippen LogP contribution >= 0.6 is 0 Å². The molecule has 0 aliphatic carbocycles. The van der Waals surface area contributed by atoms with E-state index in [1.807, 2.05) is 24.3 Å². The van der Waals surface area contributed by atoms with Gasteiger partial charge in [0.2, 0.25) is 5.78 Å². The van der Waals surface area contributed by atoms with Gasteiger partial charge in [-0.3, -0.25) is 9.59 Å². The summed E-state index contributed by atoms with van der Waals surface area (Å²) in [7, 11) is 1.55. The fraction of sp³-hybridized carbons (Fsp3) is 0.0909. The number of hydrogen-bond donors (Lipinski definition) is 2. The highest BCUT2D eigenvalue weighted by Gasteiger charge is 2.23. The third-order valence-corrected chi connectivity index (χ3v) is 4.04. The lowest BCUT2D eigenvalue weighted by Crippen LogP contribution is -2.46. The van der Waals surface area contributed by atoms with Gasteiger partial charge in [0, 0.05) is 11.1 Å². The molecule has 0 unspecified atom stereocenters. The van der Waals surface area contributed by atoms with E-state index >= 15 is 0 Å². The van der Waals surface area contributed by atoms with Gasteiger partial charge in [0.15, 0.2) is 6.17 Å². The zero-order valence-electron chi connectivity index (χ0n) is 14.9.